The summed E-state index contributed by atoms with van der Waals surface area (Å²) in [6, 6.07) is 0.605. The largest absolute Gasteiger partial charge is 0.348 e. The molecule has 1 fully saturated rings. The fourth-order valence-electron chi connectivity index (χ4n) is 1.93. The van der Waals surface area contributed by atoms with Crippen molar-refractivity contribution in [1.29, 1.82) is 0 Å². The lowest BCUT2D eigenvalue weighted by Gasteiger charge is -2.36. The Kier molecular flexibility index (Phi) is 4.54. The molecular formula is C11H23N3O. The predicted molar refractivity (Wildman–Crippen MR) is 61.8 cm³/mol. The molecule has 4 nitrogen and oxygen atoms in total. The van der Waals surface area contributed by atoms with Gasteiger partial charge >= 0.3 is 0 Å². The molecule has 4 heteroatoms. The van der Waals surface area contributed by atoms with Gasteiger partial charge in [0.05, 0.1) is 6.54 Å². The third-order valence-electron chi connectivity index (χ3n) is 3.07. The molecule has 1 unspecified atom stereocenters. The highest BCUT2D eigenvalue weighted by atomic mass is 16.2. The summed E-state index contributed by atoms with van der Waals surface area (Å²) in [4.78, 5) is 17.7. The molecule has 1 saturated heterocycles. The van der Waals surface area contributed by atoms with E-state index >= 15 is 0 Å². The monoisotopic (exact) mass is 213 g/mol. The van der Waals surface area contributed by atoms with Gasteiger partial charge in [-0.2, -0.15) is 0 Å². The van der Waals surface area contributed by atoms with Crippen LogP contribution in [0.15, 0.2) is 0 Å². The molecule has 1 aliphatic heterocycles. The molecule has 0 aromatic rings. The van der Waals surface area contributed by atoms with Crippen molar-refractivity contribution in [3.63, 3.8) is 0 Å². The first-order valence-corrected chi connectivity index (χ1v) is 5.59. The van der Waals surface area contributed by atoms with E-state index in [9.17, 15) is 4.79 Å². The molecule has 0 N–H and O–H groups in total. The zero-order chi connectivity index (χ0) is 11.4. The standard InChI is InChI=1S/C11H23N3O/c1-12(2)10-6-5-7-14(8-10)9-11(15)13(3)4/h10H,5-9H2,1-4H3. The number of carbonyl (C=O) groups is 1. The normalized spacial score (nSPS) is 23.1. The Morgan fingerprint density at radius 3 is 2.53 bits per heavy atom. The van der Waals surface area contributed by atoms with Gasteiger partial charge in [0.2, 0.25) is 5.91 Å². The number of hydrogen-bond acceptors (Lipinski definition) is 3. The summed E-state index contributed by atoms with van der Waals surface area (Å²) < 4.78 is 0. The minimum Gasteiger partial charge on any atom is -0.348 e. The lowest BCUT2D eigenvalue weighted by Crippen LogP contribution is -2.48. The third-order valence-corrected chi connectivity index (χ3v) is 3.07. The maximum Gasteiger partial charge on any atom is 0.236 e. The molecule has 0 radical (unpaired) electrons. The van der Waals surface area contributed by atoms with Crippen LogP contribution in [0.3, 0.4) is 0 Å². The Labute approximate surface area is 92.8 Å². The lowest BCUT2D eigenvalue weighted by molar-refractivity contribution is -0.130. The van der Waals surface area contributed by atoms with E-state index < -0.39 is 0 Å². The molecule has 0 bridgehead atoms. The van der Waals surface area contributed by atoms with Gasteiger partial charge in [0.25, 0.3) is 0 Å². The number of piperidine rings is 1. The molecule has 15 heavy (non-hydrogen) atoms. The first-order valence-electron chi connectivity index (χ1n) is 5.59. The highest BCUT2D eigenvalue weighted by Crippen LogP contribution is 2.13. The van der Waals surface area contributed by atoms with E-state index in [-0.39, 0.29) is 5.91 Å². The number of nitrogens with zero attached hydrogens (tertiary/aromatic N) is 3. The van der Waals surface area contributed by atoms with E-state index in [4.69, 9.17) is 0 Å². The second-order valence-electron chi connectivity index (χ2n) is 4.78. The topological polar surface area (TPSA) is 26.8 Å². The molecule has 1 amide bonds. The van der Waals surface area contributed by atoms with Gasteiger partial charge in [-0.05, 0) is 33.5 Å². The fraction of sp³-hybridized carbons (Fsp3) is 0.909. The average molecular weight is 213 g/mol. The van der Waals surface area contributed by atoms with E-state index in [1.54, 1.807) is 4.90 Å². The van der Waals surface area contributed by atoms with Crippen LogP contribution in [0, 0.1) is 0 Å². The minimum atomic E-state index is 0.203. The predicted octanol–water partition coefficient (Wildman–Crippen LogP) is 0.101. The van der Waals surface area contributed by atoms with Crippen LogP contribution in [0.1, 0.15) is 12.8 Å². The van der Waals surface area contributed by atoms with Crippen molar-refractivity contribution in [3.8, 4) is 0 Å². The van der Waals surface area contributed by atoms with Gasteiger partial charge in [0.1, 0.15) is 0 Å². The number of hydrogen-bond donors (Lipinski definition) is 0. The van der Waals surface area contributed by atoms with Gasteiger partial charge in [-0.15, -0.1) is 0 Å². The van der Waals surface area contributed by atoms with Crippen LogP contribution >= 0.6 is 0 Å². The van der Waals surface area contributed by atoms with E-state index in [0.717, 1.165) is 13.1 Å². The van der Waals surface area contributed by atoms with Crippen molar-refractivity contribution in [3.05, 3.63) is 0 Å². The van der Waals surface area contributed by atoms with Crippen LogP contribution in [0.2, 0.25) is 0 Å². The zero-order valence-corrected chi connectivity index (χ0v) is 10.4. The molecule has 0 saturated carbocycles. The second kappa shape index (κ2) is 5.47. The Morgan fingerprint density at radius 2 is 2.00 bits per heavy atom. The summed E-state index contributed by atoms with van der Waals surface area (Å²) in [6.45, 7) is 2.65. The Balaban J connectivity index is 2.39. The zero-order valence-electron chi connectivity index (χ0n) is 10.4. The van der Waals surface area contributed by atoms with Crippen molar-refractivity contribution in [2.24, 2.45) is 0 Å². The molecule has 1 heterocycles. The molecule has 1 rings (SSSR count). The van der Waals surface area contributed by atoms with Crippen molar-refractivity contribution in [2.75, 3.05) is 47.8 Å². The van der Waals surface area contributed by atoms with Gasteiger partial charge in [-0.1, -0.05) is 0 Å². The van der Waals surface area contributed by atoms with Crippen LogP contribution in [0.5, 0.6) is 0 Å². The number of likely N-dealkylation sites (tertiary alicyclic amines) is 1. The molecular weight excluding hydrogens is 190 g/mol. The SMILES string of the molecule is CN(C)C(=O)CN1CCCC(N(C)C)C1. The number of carbonyl (C=O) groups excluding carboxylic acids is 1. The van der Waals surface area contributed by atoms with Gasteiger partial charge in [-0.3, -0.25) is 9.69 Å². The summed E-state index contributed by atoms with van der Waals surface area (Å²) in [7, 11) is 7.86. The van der Waals surface area contributed by atoms with Crippen molar-refractivity contribution >= 4 is 5.91 Å². The Morgan fingerprint density at radius 1 is 1.33 bits per heavy atom. The molecule has 0 aromatic carbocycles. The summed E-state index contributed by atoms with van der Waals surface area (Å²) in [6.07, 6.45) is 2.45. The number of amides is 1. The maximum atomic E-state index is 11.6. The van der Waals surface area contributed by atoms with Gasteiger partial charge in [0.15, 0.2) is 0 Å². The molecule has 1 aliphatic rings. The summed E-state index contributed by atoms with van der Waals surface area (Å²) in [5.41, 5.74) is 0. The molecule has 0 aliphatic carbocycles. The van der Waals surface area contributed by atoms with Crippen LogP contribution in [-0.2, 0) is 4.79 Å². The number of rotatable bonds is 3. The van der Waals surface area contributed by atoms with Crippen molar-refractivity contribution < 1.29 is 4.79 Å². The molecule has 0 spiro atoms. The highest BCUT2D eigenvalue weighted by molar-refractivity contribution is 5.77. The molecule has 0 aromatic heterocycles. The fourth-order valence-corrected chi connectivity index (χ4v) is 1.93. The van der Waals surface area contributed by atoms with Gasteiger partial charge in [-0.25, -0.2) is 0 Å². The van der Waals surface area contributed by atoms with Crippen molar-refractivity contribution in [2.45, 2.75) is 18.9 Å². The molecule has 88 valence electrons. The summed E-state index contributed by atoms with van der Waals surface area (Å²) in [5.74, 6) is 0.203. The maximum absolute atomic E-state index is 11.6. The lowest BCUT2D eigenvalue weighted by atomic mass is 10.1. The number of likely N-dealkylation sites (N-methyl/N-ethyl adjacent to an activating group) is 2. The smallest absolute Gasteiger partial charge is 0.236 e. The van der Waals surface area contributed by atoms with Crippen LogP contribution in [0.25, 0.3) is 0 Å². The van der Waals surface area contributed by atoms with Crippen LogP contribution in [0.4, 0.5) is 0 Å². The highest BCUT2D eigenvalue weighted by Gasteiger charge is 2.22. The van der Waals surface area contributed by atoms with E-state index in [2.05, 4.69) is 23.9 Å². The van der Waals surface area contributed by atoms with Crippen molar-refractivity contribution in [1.82, 2.24) is 14.7 Å². The molecule has 1 atom stereocenters. The average Bonchev–Trinajstić information content (AvgIpc) is 2.18. The summed E-state index contributed by atoms with van der Waals surface area (Å²) >= 11 is 0. The summed E-state index contributed by atoms with van der Waals surface area (Å²) in [5, 5.41) is 0. The minimum absolute atomic E-state index is 0.203. The first kappa shape index (κ1) is 12.5. The van der Waals surface area contributed by atoms with Crippen LogP contribution < -0.4 is 0 Å². The second-order valence-corrected chi connectivity index (χ2v) is 4.78. The van der Waals surface area contributed by atoms with E-state index in [0.29, 0.717) is 12.6 Å². The Hall–Kier alpha value is -0.610. The quantitative estimate of drug-likeness (QED) is 0.665. The Bertz CT molecular complexity index is 216. The van der Waals surface area contributed by atoms with E-state index in [1.807, 2.05) is 14.1 Å². The van der Waals surface area contributed by atoms with Crippen LogP contribution in [-0.4, -0.2) is 74.5 Å². The van der Waals surface area contributed by atoms with E-state index in [1.165, 1.54) is 12.8 Å². The van der Waals surface area contributed by atoms with Gasteiger partial charge in [0, 0.05) is 26.7 Å². The van der Waals surface area contributed by atoms with Gasteiger partial charge < -0.3 is 9.80 Å². The first-order chi connectivity index (χ1) is 7.00. The third kappa shape index (κ3) is 3.80.